The first kappa shape index (κ1) is 17.5. The first-order valence-corrected chi connectivity index (χ1v) is 7.65. The normalized spacial score (nSPS) is 13.8. The number of rotatable bonds is 4. The topological polar surface area (TPSA) is 92.5 Å². The fourth-order valence-electron chi connectivity index (χ4n) is 2.53. The fourth-order valence-corrected chi connectivity index (χ4v) is 2.53. The van der Waals surface area contributed by atoms with Crippen LogP contribution in [0.5, 0.6) is 0 Å². The maximum atomic E-state index is 13.2. The summed E-state index contributed by atoms with van der Waals surface area (Å²) in [6.45, 7) is 0.299. The molecule has 1 aliphatic heterocycles. The van der Waals surface area contributed by atoms with Gasteiger partial charge in [-0.05, 0) is 30.3 Å². The predicted molar refractivity (Wildman–Crippen MR) is 87.5 cm³/mol. The monoisotopic (exact) mass is 361 g/mol. The standard InChI is InChI=1S/C17H13F2N3O4/c18-14-6-1-10(7-15(14)19)17(24)21-8-11(9-21)16(23)20-12-2-4-13(5-3-12)22(25)26/h1-7,11H,8-9H2,(H,20,23). The molecule has 0 saturated carbocycles. The van der Waals surface area contributed by atoms with Crippen LogP contribution in [-0.2, 0) is 4.79 Å². The molecule has 1 N–H and O–H groups in total. The molecular formula is C17H13F2N3O4. The van der Waals surface area contributed by atoms with Gasteiger partial charge in [-0.15, -0.1) is 0 Å². The Kier molecular flexibility index (Phi) is 4.61. The SMILES string of the molecule is O=C(Nc1ccc([N+](=O)[O-])cc1)C1CN(C(=O)c2ccc(F)c(F)c2)C1. The first-order chi connectivity index (χ1) is 12.3. The number of anilines is 1. The van der Waals surface area contributed by atoms with Crippen LogP contribution in [0.2, 0.25) is 0 Å². The largest absolute Gasteiger partial charge is 0.337 e. The van der Waals surface area contributed by atoms with E-state index in [1.54, 1.807) is 0 Å². The zero-order valence-corrected chi connectivity index (χ0v) is 13.3. The first-order valence-electron chi connectivity index (χ1n) is 7.65. The highest BCUT2D eigenvalue weighted by Crippen LogP contribution is 2.22. The molecule has 0 radical (unpaired) electrons. The lowest BCUT2D eigenvalue weighted by atomic mass is 9.97. The summed E-state index contributed by atoms with van der Waals surface area (Å²) in [4.78, 5) is 35.7. The molecule has 26 heavy (non-hydrogen) atoms. The summed E-state index contributed by atoms with van der Waals surface area (Å²) in [5.74, 6) is -3.40. The van der Waals surface area contributed by atoms with Crippen LogP contribution in [0.3, 0.4) is 0 Å². The number of nitro groups is 1. The highest BCUT2D eigenvalue weighted by atomic mass is 19.2. The van der Waals surface area contributed by atoms with Crippen molar-refractivity contribution >= 4 is 23.2 Å². The van der Waals surface area contributed by atoms with Crippen molar-refractivity contribution in [3.63, 3.8) is 0 Å². The van der Waals surface area contributed by atoms with Gasteiger partial charge in [-0.2, -0.15) is 0 Å². The van der Waals surface area contributed by atoms with E-state index in [-0.39, 0.29) is 30.2 Å². The number of nitro benzene ring substituents is 1. The number of non-ortho nitro benzene ring substituents is 1. The van der Waals surface area contributed by atoms with Crippen LogP contribution in [0.1, 0.15) is 10.4 Å². The van der Waals surface area contributed by atoms with Gasteiger partial charge in [-0.1, -0.05) is 0 Å². The van der Waals surface area contributed by atoms with Crippen LogP contribution < -0.4 is 5.32 Å². The van der Waals surface area contributed by atoms with Crippen LogP contribution in [0.4, 0.5) is 20.2 Å². The number of likely N-dealkylation sites (tertiary alicyclic amines) is 1. The van der Waals surface area contributed by atoms with Gasteiger partial charge in [0.15, 0.2) is 11.6 Å². The Hall–Kier alpha value is -3.36. The lowest BCUT2D eigenvalue weighted by molar-refractivity contribution is -0.384. The molecule has 3 rings (SSSR count). The molecule has 7 nitrogen and oxygen atoms in total. The average Bonchev–Trinajstić information content (AvgIpc) is 2.56. The van der Waals surface area contributed by atoms with Crippen molar-refractivity contribution < 1.29 is 23.3 Å². The molecule has 134 valence electrons. The summed E-state index contributed by atoms with van der Waals surface area (Å²) in [6.07, 6.45) is 0. The van der Waals surface area contributed by atoms with E-state index in [1.165, 1.54) is 35.2 Å². The number of carbonyl (C=O) groups excluding carboxylic acids is 2. The van der Waals surface area contributed by atoms with Gasteiger partial charge >= 0.3 is 0 Å². The number of halogens is 2. The molecule has 1 heterocycles. The molecule has 0 aliphatic carbocycles. The van der Waals surface area contributed by atoms with E-state index in [9.17, 15) is 28.5 Å². The number of carbonyl (C=O) groups is 2. The molecule has 0 aromatic heterocycles. The second-order valence-electron chi connectivity index (χ2n) is 5.83. The molecule has 2 amide bonds. The van der Waals surface area contributed by atoms with E-state index in [2.05, 4.69) is 5.32 Å². The summed E-state index contributed by atoms with van der Waals surface area (Å²) in [6, 6.07) is 8.26. The summed E-state index contributed by atoms with van der Waals surface area (Å²) >= 11 is 0. The van der Waals surface area contributed by atoms with Crippen LogP contribution in [0, 0.1) is 27.7 Å². The second kappa shape index (κ2) is 6.87. The van der Waals surface area contributed by atoms with Gasteiger partial charge < -0.3 is 10.2 Å². The van der Waals surface area contributed by atoms with E-state index < -0.39 is 28.4 Å². The van der Waals surface area contributed by atoms with Gasteiger partial charge in [0.1, 0.15) is 0 Å². The molecular weight excluding hydrogens is 348 g/mol. The van der Waals surface area contributed by atoms with Crippen molar-refractivity contribution in [2.75, 3.05) is 18.4 Å². The van der Waals surface area contributed by atoms with Gasteiger partial charge in [-0.3, -0.25) is 19.7 Å². The van der Waals surface area contributed by atoms with Crippen molar-refractivity contribution in [2.45, 2.75) is 0 Å². The Morgan fingerprint density at radius 2 is 1.73 bits per heavy atom. The van der Waals surface area contributed by atoms with E-state index in [1.807, 2.05) is 0 Å². The number of amides is 2. The van der Waals surface area contributed by atoms with E-state index >= 15 is 0 Å². The molecule has 1 saturated heterocycles. The lowest BCUT2D eigenvalue weighted by Crippen LogP contribution is -2.54. The quantitative estimate of drug-likeness (QED) is 0.669. The Balaban J connectivity index is 1.55. The maximum Gasteiger partial charge on any atom is 0.269 e. The van der Waals surface area contributed by atoms with E-state index in [0.29, 0.717) is 5.69 Å². The van der Waals surface area contributed by atoms with E-state index in [4.69, 9.17) is 0 Å². The molecule has 0 unspecified atom stereocenters. The molecule has 0 spiro atoms. The molecule has 9 heteroatoms. The third kappa shape index (κ3) is 3.51. The smallest absolute Gasteiger partial charge is 0.269 e. The van der Waals surface area contributed by atoms with Crippen molar-refractivity contribution in [3.8, 4) is 0 Å². The fraction of sp³-hybridized carbons (Fsp3) is 0.176. The zero-order valence-electron chi connectivity index (χ0n) is 13.3. The van der Waals surface area contributed by atoms with Crippen LogP contribution in [0.15, 0.2) is 42.5 Å². The van der Waals surface area contributed by atoms with Gasteiger partial charge in [0, 0.05) is 36.5 Å². The van der Waals surface area contributed by atoms with Crippen molar-refractivity contribution in [1.29, 1.82) is 0 Å². The summed E-state index contributed by atoms with van der Waals surface area (Å²) in [7, 11) is 0. The molecule has 2 aromatic carbocycles. The van der Waals surface area contributed by atoms with Gasteiger partial charge in [-0.25, -0.2) is 8.78 Å². The molecule has 1 aliphatic rings. The summed E-state index contributed by atoms with van der Waals surface area (Å²) < 4.78 is 26.1. The second-order valence-corrected chi connectivity index (χ2v) is 5.83. The molecule has 1 fully saturated rings. The summed E-state index contributed by atoms with van der Waals surface area (Å²) in [5.41, 5.74) is 0.332. The number of hydrogen-bond acceptors (Lipinski definition) is 4. The highest BCUT2D eigenvalue weighted by Gasteiger charge is 2.36. The summed E-state index contributed by atoms with van der Waals surface area (Å²) in [5, 5.41) is 13.2. The van der Waals surface area contributed by atoms with Gasteiger partial charge in [0.05, 0.1) is 10.8 Å². The molecule has 0 atom stereocenters. The Bertz CT molecular complexity index is 880. The Morgan fingerprint density at radius 3 is 2.31 bits per heavy atom. The molecule has 2 aromatic rings. The lowest BCUT2D eigenvalue weighted by Gasteiger charge is -2.38. The number of nitrogens with zero attached hydrogens (tertiary/aromatic N) is 2. The van der Waals surface area contributed by atoms with Crippen LogP contribution in [0.25, 0.3) is 0 Å². The number of nitrogens with one attached hydrogen (secondary N) is 1. The minimum atomic E-state index is -1.11. The Morgan fingerprint density at radius 1 is 1.08 bits per heavy atom. The van der Waals surface area contributed by atoms with Gasteiger partial charge in [0.2, 0.25) is 5.91 Å². The van der Waals surface area contributed by atoms with E-state index in [0.717, 1.165) is 12.1 Å². The average molecular weight is 361 g/mol. The molecule has 0 bridgehead atoms. The van der Waals surface area contributed by atoms with Crippen molar-refractivity contribution in [1.82, 2.24) is 4.90 Å². The maximum absolute atomic E-state index is 13.2. The predicted octanol–water partition coefficient (Wildman–Crippen LogP) is 2.58. The van der Waals surface area contributed by atoms with Crippen molar-refractivity contribution in [3.05, 3.63) is 69.8 Å². The number of benzene rings is 2. The Labute approximate surface area is 146 Å². The highest BCUT2D eigenvalue weighted by molar-refractivity contribution is 5.98. The van der Waals surface area contributed by atoms with Crippen molar-refractivity contribution in [2.24, 2.45) is 5.92 Å². The third-order valence-corrected chi connectivity index (χ3v) is 4.05. The van der Waals surface area contributed by atoms with Gasteiger partial charge in [0.25, 0.3) is 11.6 Å². The van der Waals surface area contributed by atoms with Crippen LogP contribution in [-0.4, -0.2) is 34.7 Å². The zero-order chi connectivity index (χ0) is 18.8. The van der Waals surface area contributed by atoms with Crippen LogP contribution >= 0.6 is 0 Å². The minimum Gasteiger partial charge on any atom is -0.337 e. The minimum absolute atomic E-state index is 0.0122. The third-order valence-electron chi connectivity index (χ3n) is 4.05. The number of hydrogen-bond donors (Lipinski definition) is 1.